The Labute approximate surface area is 455 Å². The molecule has 21 heteroatoms. The first kappa shape index (κ1) is 66.0. The first-order valence-corrected chi connectivity index (χ1v) is 29.9. The summed E-state index contributed by atoms with van der Waals surface area (Å²) < 4.78 is 58.6. The molecule has 0 unspecified atom stereocenters. The monoisotopic (exact) mass is 1090 g/mol. The molecule has 76 heavy (non-hydrogen) atoms. The summed E-state index contributed by atoms with van der Waals surface area (Å²) in [5.41, 5.74) is 0. The molecule has 5 saturated heterocycles. The van der Waals surface area contributed by atoms with Crippen LogP contribution in [0.4, 0.5) is 0 Å². The van der Waals surface area contributed by atoms with Gasteiger partial charge in [0.15, 0.2) is 31.5 Å². The van der Waals surface area contributed by atoms with E-state index in [9.17, 15) is 35.7 Å². The molecule has 0 aromatic heterocycles. The Morgan fingerprint density at radius 1 is 0.289 bits per heavy atom. The highest BCUT2D eigenvalue weighted by Gasteiger charge is 2.56. The number of nitrogens with one attached hydrogen (secondary N) is 5. The lowest BCUT2D eigenvalue weighted by atomic mass is 9.93. The molecule has 0 radical (unpaired) electrons. The van der Waals surface area contributed by atoms with E-state index in [0.717, 1.165) is 96.3 Å². The number of ether oxygens (including phenoxy) is 9. The third-order valence-corrected chi connectivity index (χ3v) is 16.1. The molecule has 21 nitrogen and oxygen atoms in total. The maximum Gasteiger partial charge on any atom is 0.187 e. The fraction of sp³-hybridized carbons (Fsp3) is 1.00. The van der Waals surface area contributed by atoms with Crippen LogP contribution in [0.15, 0.2) is 0 Å². The normalized spacial score (nSPS) is 42.4. The molecule has 5 aliphatic heterocycles. The van der Waals surface area contributed by atoms with Crippen molar-refractivity contribution < 1.29 is 78.4 Å². The minimum Gasteiger partial charge on any atom is -0.388 e. The van der Waals surface area contributed by atoms with Crippen molar-refractivity contribution in [2.75, 3.05) is 32.7 Å². The van der Waals surface area contributed by atoms with E-state index < -0.39 is 153 Å². The largest absolute Gasteiger partial charge is 0.388 e. The minimum atomic E-state index is -1.56. The van der Waals surface area contributed by atoms with Crippen molar-refractivity contribution in [2.45, 2.75) is 319 Å². The van der Waals surface area contributed by atoms with Gasteiger partial charge in [-0.1, -0.05) is 98.8 Å². The van der Waals surface area contributed by atoms with Gasteiger partial charge in [-0.25, -0.2) is 0 Å². The van der Waals surface area contributed by atoms with Crippen molar-refractivity contribution in [2.24, 2.45) is 0 Å². The molecule has 5 aliphatic rings. The third-order valence-electron chi connectivity index (χ3n) is 16.1. The number of aliphatic hydroxyl groups excluding tert-OH is 7. The van der Waals surface area contributed by atoms with Gasteiger partial charge in [0, 0.05) is 0 Å². The zero-order chi connectivity index (χ0) is 55.5. The maximum absolute atomic E-state index is 12.5. The second-order valence-corrected chi connectivity index (χ2v) is 22.4. The summed E-state index contributed by atoms with van der Waals surface area (Å²) in [5.74, 6) is 0. The quantitative estimate of drug-likeness (QED) is 0.0420. The average Bonchev–Trinajstić information content (AvgIpc) is 3.40. The molecule has 0 aliphatic carbocycles. The van der Waals surface area contributed by atoms with Crippen LogP contribution in [0.5, 0.6) is 0 Å². The smallest absolute Gasteiger partial charge is 0.187 e. The van der Waals surface area contributed by atoms with E-state index in [1.807, 2.05) is 13.8 Å². The molecule has 448 valence electrons. The molecule has 25 atom stereocenters. The zero-order valence-electron chi connectivity index (χ0n) is 47.9. The molecule has 0 saturated carbocycles. The molecular weight excluding hydrogens is 987 g/mol. The van der Waals surface area contributed by atoms with E-state index in [4.69, 9.17) is 42.6 Å². The van der Waals surface area contributed by atoms with E-state index >= 15 is 0 Å². The predicted octanol–water partition coefficient (Wildman–Crippen LogP) is 2.15. The van der Waals surface area contributed by atoms with Gasteiger partial charge in [-0.2, -0.15) is 0 Å². The molecule has 0 spiro atoms. The van der Waals surface area contributed by atoms with E-state index in [2.05, 4.69) is 61.2 Å². The summed E-state index contributed by atoms with van der Waals surface area (Å²) in [5, 5.41) is 101. The van der Waals surface area contributed by atoms with Crippen LogP contribution in [0.1, 0.15) is 166 Å². The highest BCUT2D eigenvalue weighted by molar-refractivity contribution is 5.02. The van der Waals surface area contributed by atoms with E-state index in [-0.39, 0.29) is 0 Å². The van der Waals surface area contributed by atoms with Crippen LogP contribution in [0.25, 0.3) is 0 Å². The number of hydrogen-bond donors (Lipinski definition) is 12. The fourth-order valence-electron chi connectivity index (χ4n) is 11.4. The van der Waals surface area contributed by atoms with Crippen molar-refractivity contribution in [1.29, 1.82) is 0 Å². The Bertz CT molecular complexity index is 1560. The lowest BCUT2D eigenvalue weighted by Crippen LogP contribution is -2.70. The van der Waals surface area contributed by atoms with Crippen molar-refractivity contribution >= 4 is 0 Å². The van der Waals surface area contributed by atoms with Crippen LogP contribution in [-0.2, 0) is 42.6 Å². The lowest BCUT2D eigenvalue weighted by Gasteiger charge is -2.51. The van der Waals surface area contributed by atoms with Gasteiger partial charge < -0.3 is 105 Å². The molecular formula is C55H107N5O16. The van der Waals surface area contributed by atoms with Crippen molar-refractivity contribution in [1.82, 2.24) is 26.6 Å². The van der Waals surface area contributed by atoms with Crippen molar-refractivity contribution in [3.63, 3.8) is 0 Å². The Kier molecular flexibility index (Phi) is 29.4. The average molecular weight is 1090 g/mol. The van der Waals surface area contributed by atoms with Gasteiger partial charge in [0.2, 0.25) is 0 Å². The second kappa shape index (κ2) is 33.9. The highest BCUT2D eigenvalue weighted by atomic mass is 16.8. The van der Waals surface area contributed by atoms with Crippen LogP contribution >= 0.6 is 0 Å². The van der Waals surface area contributed by atoms with Crippen LogP contribution < -0.4 is 26.6 Å². The Morgan fingerprint density at radius 3 is 0.961 bits per heavy atom. The van der Waals surface area contributed by atoms with Crippen molar-refractivity contribution in [3.8, 4) is 0 Å². The summed E-state index contributed by atoms with van der Waals surface area (Å²) in [4.78, 5) is 0. The van der Waals surface area contributed by atoms with E-state index in [1.54, 1.807) is 20.8 Å². The Morgan fingerprint density at radius 2 is 0.566 bits per heavy atom. The Balaban J connectivity index is 1.46. The summed E-state index contributed by atoms with van der Waals surface area (Å²) >= 11 is 0. The number of rotatable bonds is 33. The summed E-state index contributed by atoms with van der Waals surface area (Å²) in [7, 11) is 0. The molecule has 5 fully saturated rings. The van der Waals surface area contributed by atoms with Crippen LogP contribution in [0.3, 0.4) is 0 Å². The first-order valence-electron chi connectivity index (χ1n) is 29.9. The van der Waals surface area contributed by atoms with Gasteiger partial charge in [0.05, 0.1) is 60.7 Å². The Hall–Kier alpha value is -0.840. The predicted molar refractivity (Wildman–Crippen MR) is 286 cm³/mol. The van der Waals surface area contributed by atoms with Crippen molar-refractivity contribution in [3.05, 3.63) is 0 Å². The lowest BCUT2D eigenvalue weighted by molar-refractivity contribution is -0.391. The van der Waals surface area contributed by atoms with Crippen LogP contribution in [0.2, 0.25) is 0 Å². The third kappa shape index (κ3) is 18.1. The minimum absolute atomic E-state index is 0.558. The number of unbranched alkanes of at least 4 members (excludes halogenated alkanes) is 10. The van der Waals surface area contributed by atoms with Gasteiger partial charge in [-0.15, -0.1) is 0 Å². The molecule has 0 aromatic rings. The van der Waals surface area contributed by atoms with Gasteiger partial charge >= 0.3 is 0 Å². The molecule has 12 N–H and O–H groups in total. The second-order valence-electron chi connectivity index (χ2n) is 22.4. The molecule has 5 heterocycles. The van der Waals surface area contributed by atoms with Gasteiger partial charge in [0.25, 0.3) is 0 Å². The highest BCUT2D eigenvalue weighted by Crippen LogP contribution is 2.36. The van der Waals surface area contributed by atoms with Gasteiger partial charge in [-0.3, -0.25) is 0 Å². The van der Waals surface area contributed by atoms with E-state index in [0.29, 0.717) is 32.7 Å². The zero-order valence-corrected chi connectivity index (χ0v) is 47.9. The van der Waals surface area contributed by atoms with Crippen LogP contribution in [-0.4, -0.2) is 222 Å². The topological polar surface area (TPSA) is 285 Å². The number of hydrogen-bond acceptors (Lipinski definition) is 21. The summed E-state index contributed by atoms with van der Waals surface area (Å²) in [6.45, 7) is 22.6. The maximum atomic E-state index is 12.5. The SMILES string of the molecule is CCCCCN[C@H]1[C@H](O)[C@H](O)[C@@H](O[C@@H]2[C@H](O)[C@@H](O[C@@H]3[C@@H](O[C@@H]4[C@@H](O[C@H]5[C@@H](O)[C@H](NCCCCC)[C@@H](C)O[C@@H]5O)O[C@H](C)[C@@H](NCCCCC)[C@@H]4O)O[C@H](C)[C@@H](NCCCCC)[C@@H]3O)O[C@H](C)[C@H]2NCCCCC)O[C@@H]1C. The van der Waals surface area contributed by atoms with Gasteiger partial charge in [0.1, 0.15) is 61.0 Å². The molecule has 0 amide bonds. The molecule has 5 rings (SSSR count). The summed E-state index contributed by atoms with van der Waals surface area (Å²) in [6.07, 6.45) is -9.45. The molecule has 0 bridgehead atoms. The van der Waals surface area contributed by atoms with E-state index in [1.165, 1.54) is 0 Å². The summed E-state index contributed by atoms with van der Waals surface area (Å²) in [6, 6.07) is -3.14. The number of aliphatic hydroxyl groups is 7. The fourth-order valence-corrected chi connectivity index (χ4v) is 11.4. The first-order chi connectivity index (χ1) is 36.5. The standard InChI is InChI=1S/C55H107N5O16/c1-11-16-21-26-56-36-32(7)69-52(45(65)41(36)61)73-47-40(60-30-25-20-15-5)35(10)70-53(46(47)66)75-49-43(63)38(58-28-23-18-13-3)34(9)72-55(49)76-50-44(64)39(59-29-24-19-14-4)33(8)71-54(50)74-48-42(62)37(31(6)68-51(48)67)57-27-22-17-12-2/h31-67H,11-30H2,1-10H3/t31-,32-,33-,34-,35-,36-,37-,38-,39-,40-,41+,42+,43+,44+,45+,46+,47+,48+,49+,50+,51+,52-,53-,54-,55-/m1/s1. The van der Waals surface area contributed by atoms with Crippen LogP contribution in [0, 0.1) is 0 Å². The molecule has 0 aromatic carbocycles. The van der Waals surface area contributed by atoms with Gasteiger partial charge in [-0.05, 0) is 99.4 Å².